The summed E-state index contributed by atoms with van der Waals surface area (Å²) < 4.78 is 53.9. The fraction of sp³-hybridized carbons (Fsp3) is 0.400. The van der Waals surface area contributed by atoms with E-state index in [4.69, 9.17) is 17.5 Å². The number of nitriles is 1. The molecule has 1 aromatic rings. The van der Waals surface area contributed by atoms with Crippen molar-refractivity contribution in [2.45, 2.75) is 32.5 Å². The molecule has 24 heavy (non-hydrogen) atoms. The second-order valence-electron chi connectivity index (χ2n) is 5.66. The number of benzene rings is 1. The molecular formula is C15H13F4N3OS. The van der Waals surface area contributed by atoms with Crippen molar-refractivity contribution in [2.75, 3.05) is 11.4 Å². The summed E-state index contributed by atoms with van der Waals surface area (Å²) in [4.78, 5) is 14.8. The third kappa shape index (κ3) is 2.51. The minimum atomic E-state index is -5.07. The lowest BCUT2D eigenvalue weighted by atomic mass is 10.0. The third-order valence-corrected chi connectivity index (χ3v) is 4.31. The van der Waals surface area contributed by atoms with Crippen LogP contribution in [0, 0.1) is 17.1 Å². The lowest BCUT2D eigenvalue weighted by molar-refractivity contribution is -0.140. The highest BCUT2D eigenvalue weighted by Crippen LogP contribution is 2.40. The van der Waals surface area contributed by atoms with E-state index in [2.05, 4.69) is 0 Å². The van der Waals surface area contributed by atoms with Crippen molar-refractivity contribution in [3.63, 3.8) is 0 Å². The Labute approximate surface area is 141 Å². The van der Waals surface area contributed by atoms with Crippen LogP contribution in [0.4, 0.5) is 23.2 Å². The number of anilines is 1. The van der Waals surface area contributed by atoms with Crippen LogP contribution in [-0.2, 0) is 11.0 Å². The lowest BCUT2D eigenvalue weighted by Gasteiger charge is -2.27. The van der Waals surface area contributed by atoms with Gasteiger partial charge in [-0.15, -0.1) is 0 Å². The van der Waals surface area contributed by atoms with Gasteiger partial charge in [-0.1, -0.05) is 0 Å². The number of alkyl halides is 3. The van der Waals surface area contributed by atoms with E-state index in [-0.39, 0.29) is 5.11 Å². The Morgan fingerprint density at radius 1 is 1.33 bits per heavy atom. The van der Waals surface area contributed by atoms with E-state index in [1.807, 2.05) is 0 Å². The number of halogens is 4. The summed E-state index contributed by atoms with van der Waals surface area (Å²) in [6, 6.07) is 3.11. The highest BCUT2D eigenvalue weighted by Gasteiger charge is 2.50. The van der Waals surface area contributed by atoms with Gasteiger partial charge in [-0.05, 0) is 45.1 Å². The Morgan fingerprint density at radius 3 is 2.33 bits per heavy atom. The van der Waals surface area contributed by atoms with Crippen molar-refractivity contribution < 1.29 is 22.4 Å². The van der Waals surface area contributed by atoms with Crippen molar-refractivity contribution in [2.24, 2.45) is 0 Å². The molecule has 0 unspecified atom stereocenters. The van der Waals surface area contributed by atoms with E-state index < -0.39 is 40.3 Å². The molecule has 0 atom stereocenters. The van der Waals surface area contributed by atoms with Crippen LogP contribution < -0.4 is 4.90 Å². The van der Waals surface area contributed by atoms with Gasteiger partial charge in [0.05, 0.1) is 17.3 Å². The van der Waals surface area contributed by atoms with Crippen LogP contribution in [0.25, 0.3) is 0 Å². The topological polar surface area (TPSA) is 47.3 Å². The molecule has 1 aromatic carbocycles. The minimum absolute atomic E-state index is 0.0794. The zero-order valence-corrected chi connectivity index (χ0v) is 13.8. The Bertz CT molecular complexity index is 767. The Hall–Kier alpha value is -2.21. The quantitative estimate of drug-likeness (QED) is 0.599. The number of hydrogen-bond acceptors (Lipinski definition) is 3. The molecule has 9 heteroatoms. The first-order valence-corrected chi connectivity index (χ1v) is 7.35. The van der Waals surface area contributed by atoms with E-state index in [0.717, 1.165) is 17.0 Å². The maximum absolute atomic E-state index is 14.6. The summed E-state index contributed by atoms with van der Waals surface area (Å²) in [5.74, 6) is -2.32. The van der Waals surface area contributed by atoms with Gasteiger partial charge in [0.2, 0.25) is 0 Å². The number of likely N-dealkylation sites (N-methyl/N-ethyl adjacent to an activating group) is 1. The highest BCUT2D eigenvalue weighted by molar-refractivity contribution is 7.80. The Morgan fingerprint density at radius 2 is 1.92 bits per heavy atom. The number of rotatable bonds is 2. The van der Waals surface area contributed by atoms with Crippen molar-refractivity contribution in [1.29, 1.82) is 5.26 Å². The van der Waals surface area contributed by atoms with E-state index in [1.54, 1.807) is 20.8 Å². The van der Waals surface area contributed by atoms with E-state index in [9.17, 15) is 22.4 Å². The van der Waals surface area contributed by atoms with Gasteiger partial charge in [-0.2, -0.15) is 18.4 Å². The van der Waals surface area contributed by atoms with E-state index in [0.29, 0.717) is 6.54 Å². The number of carbonyl (C=O) groups excluding carboxylic acids is 1. The van der Waals surface area contributed by atoms with E-state index in [1.165, 1.54) is 11.0 Å². The molecule has 1 saturated heterocycles. The van der Waals surface area contributed by atoms with Crippen LogP contribution in [0.15, 0.2) is 12.1 Å². The number of amides is 1. The molecule has 1 aliphatic rings. The molecule has 1 heterocycles. The monoisotopic (exact) mass is 359 g/mol. The van der Waals surface area contributed by atoms with Gasteiger partial charge in [-0.3, -0.25) is 9.69 Å². The zero-order chi connectivity index (χ0) is 18.4. The normalized spacial score (nSPS) is 17.4. The maximum Gasteiger partial charge on any atom is 0.420 e. The standard InChI is InChI=1S/C15H13F4N3OS/c1-4-21-13(24)22(12(23)14(21,2)3)9-6-5-8(7-20)10(11(9)16)15(17,18)19/h5-6H,4H2,1-3H3. The summed E-state index contributed by atoms with van der Waals surface area (Å²) in [6.07, 6.45) is -5.07. The molecule has 0 spiro atoms. The second kappa shape index (κ2) is 5.70. The van der Waals surface area contributed by atoms with E-state index >= 15 is 0 Å². The maximum atomic E-state index is 14.6. The molecule has 1 aliphatic heterocycles. The van der Waals surface area contributed by atoms with Crippen molar-refractivity contribution in [3.8, 4) is 6.07 Å². The van der Waals surface area contributed by atoms with Crippen LogP contribution in [0.3, 0.4) is 0 Å². The molecule has 0 bridgehead atoms. The number of hydrogen-bond donors (Lipinski definition) is 0. The SMILES string of the molecule is CCN1C(=S)N(c2ccc(C#N)c(C(F)(F)F)c2F)C(=O)C1(C)C. The largest absolute Gasteiger partial charge is 0.420 e. The predicted octanol–water partition coefficient (Wildman–Crippen LogP) is 3.45. The van der Waals surface area contributed by atoms with Gasteiger partial charge >= 0.3 is 6.18 Å². The van der Waals surface area contributed by atoms with Crippen LogP contribution in [0.5, 0.6) is 0 Å². The molecule has 0 N–H and O–H groups in total. The van der Waals surface area contributed by atoms with Gasteiger partial charge in [0.1, 0.15) is 11.1 Å². The van der Waals surface area contributed by atoms with Gasteiger partial charge in [-0.25, -0.2) is 4.39 Å². The van der Waals surface area contributed by atoms with Crippen molar-refractivity contribution >= 4 is 28.9 Å². The Kier molecular flexibility index (Phi) is 4.31. The fourth-order valence-corrected chi connectivity index (χ4v) is 3.23. The molecule has 0 aromatic heterocycles. The summed E-state index contributed by atoms with van der Waals surface area (Å²) >= 11 is 5.14. The summed E-state index contributed by atoms with van der Waals surface area (Å²) in [5.41, 5.74) is -4.27. The molecule has 4 nitrogen and oxygen atoms in total. The predicted molar refractivity (Wildman–Crippen MR) is 82.7 cm³/mol. The average molecular weight is 359 g/mol. The molecular weight excluding hydrogens is 346 g/mol. The number of carbonyl (C=O) groups is 1. The first kappa shape index (κ1) is 18.1. The third-order valence-electron chi connectivity index (χ3n) is 3.91. The van der Waals surface area contributed by atoms with Gasteiger partial charge in [0, 0.05) is 6.54 Å². The minimum Gasteiger partial charge on any atom is -0.335 e. The summed E-state index contributed by atoms with van der Waals surface area (Å²) in [6.45, 7) is 5.16. The molecule has 128 valence electrons. The molecule has 0 aliphatic carbocycles. The average Bonchev–Trinajstić information content (AvgIpc) is 2.63. The van der Waals surface area contributed by atoms with Gasteiger partial charge in [0.15, 0.2) is 10.9 Å². The van der Waals surface area contributed by atoms with Gasteiger partial charge in [0.25, 0.3) is 5.91 Å². The smallest absolute Gasteiger partial charge is 0.335 e. The summed E-state index contributed by atoms with van der Waals surface area (Å²) in [5, 5.41) is 8.72. The van der Waals surface area contributed by atoms with Crippen molar-refractivity contribution in [1.82, 2.24) is 4.90 Å². The van der Waals surface area contributed by atoms with Crippen molar-refractivity contribution in [3.05, 3.63) is 29.1 Å². The summed E-state index contributed by atoms with van der Waals surface area (Å²) in [7, 11) is 0. The highest BCUT2D eigenvalue weighted by atomic mass is 32.1. The second-order valence-corrected chi connectivity index (χ2v) is 6.02. The Balaban J connectivity index is 2.69. The number of nitrogens with zero attached hydrogens (tertiary/aromatic N) is 3. The fourth-order valence-electron chi connectivity index (χ4n) is 2.69. The molecule has 1 amide bonds. The van der Waals surface area contributed by atoms with Gasteiger partial charge < -0.3 is 4.90 Å². The van der Waals surface area contributed by atoms with Crippen LogP contribution >= 0.6 is 12.2 Å². The van der Waals surface area contributed by atoms with Crippen LogP contribution in [-0.4, -0.2) is 28.0 Å². The molecule has 2 rings (SSSR count). The first-order chi connectivity index (χ1) is 11.0. The number of thiocarbonyl (C=S) groups is 1. The zero-order valence-electron chi connectivity index (χ0n) is 13.0. The molecule has 0 radical (unpaired) electrons. The van der Waals surface area contributed by atoms with Crippen LogP contribution in [0.1, 0.15) is 31.9 Å². The molecule has 0 saturated carbocycles. The molecule has 1 fully saturated rings. The first-order valence-electron chi connectivity index (χ1n) is 6.94. The van der Waals surface area contributed by atoms with Crippen LogP contribution in [0.2, 0.25) is 0 Å². The lowest BCUT2D eigenvalue weighted by Crippen LogP contribution is -2.43.